The lowest BCUT2D eigenvalue weighted by atomic mass is 9.95. The number of aromatic nitrogens is 4. The predicted octanol–water partition coefficient (Wildman–Crippen LogP) is 10.8. The van der Waals surface area contributed by atoms with Crippen molar-refractivity contribution in [2.24, 2.45) is 0 Å². The number of pyridine rings is 1. The number of hydrogen-bond donors (Lipinski definition) is 0. The van der Waals surface area contributed by atoms with Crippen molar-refractivity contribution in [3.63, 3.8) is 0 Å². The number of hydrogen-bond acceptors (Lipinski definition) is 5. The van der Waals surface area contributed by atoms with E-state index >= 15 is 0 Å². The minimum atomic E-state index is 0.549. The average Bonchev–Trinajstić information content (AvgIpc) is 3.54. The Morgan fingerprint density at radius 2 is 1.02 bits per heavy atom. The molecule has 0 spiro atoms. The van der Waals surface area contributed by atoms with E-state index in [4.69, 9.17) is 19.4 Å². The van der Waals surface area contributed by atoms with Crippen LogP contribution < -0.4 is 0 Å². The molecule has 3 aromatic heterocycles. The predicted molar refractivity (Wildman–Crippen MR) is 191 cm³/mol. The summed E-state index contributed by atoms with van der Waals surface area (Å²) in [6.07, 6.45) is 3.60. The van der Waals surface area contributed by atoms with Crippen LogP contribution in [-0.4, -0.2) is 19.9 Å². The number of furan rings is 1. The highest BCUT2D eigenvalue weighted by atomic mass is 16.3. The highest BCUT2D eigenvalue weighted by Crippen LogP contribution is 2.39. The minimum absolute atomic E-state index is 0.549. The van der Waals surface area contributed by atoms with E-state index in [0.29, 0.717) is 23.1 Å². The van der Waals surface area contributed by atoms with Crippen LogP contribution in [0.4, 0.5) is 0 Å². The maximum absolute atomic E-state index is 6.44. The molecule has 5 heteroatoms. The van der Waals surface area contributed by atoms with Gasteiger partial charge in [-0.05, 0) is 49.8 Å². The summed E-state index contributed by atoms with van der Waals surface area (Å²) in [5.74, 6) is 1.75. The zero-order chi connectivity index (χ0) is 30.9. The molecule has 0 radical (unpaired) electrons. The largest absolute Gasteiger partial charge is 0.454 e. The third-order valence-corrected chi connectivity index (χ3v) is 9.16. The van der Waals surface area contributed by atoms with Gasteiger partial charge in [0.2, 0.25) is 0 Å². The van der Waals surface area contributed by atoms with Gasteiger partial charge in [-0.1, -0.05) is 121 Å². The molecule has 0 fully saturated rings. The Kier molecular flexibility index (Phi) is 5.51. The number of fused-ring (bicyclic) bond motifs is 10. The first-order valence-electron chi connectivity index (χ1n) is 15.6. The molecule has 7 aromatic carbocycles. The lowest BCUT2D eigenvalue weighted by Gasteiger charge is -2.11. The minimum Gasteiger partial charge on any atom is -0.454 e. The van der Waals surface area contributed by atoms with Crippen molar-refractivity contribution in [3.05, 3.63) is 146 Å². The van der Waals surface area contributed by atoms with Crippen LogP contribution >= 0.6 is 0 Å². The standard InChI is InChI=1S/C42H24N4O/c1-2-10-28(11-3-1)40-44-41(30-19-20-32-29(22-30)17-16-27-15-14-25-8-4-6-12-31(25)37(27)32)46-42(45-40)35-23-43-24-36-38(35)34-21-18-26-9-5-7-13-33(26)39(34)47-36/h1-24H. The molecule has 0 aliphatic carbocycles. The highest BCUT2D eigenvalue weighted by molar-refractivity contribution is 6.21. The number of benzene rings is 7. The van der Waals surface area contributed by atoms with E-state index in [2.05, 4.69) is 96.0 Å². The summed E-state index contributed by atoms with van der Waals surface area (Å²) >= 11 is 0. The fourth-order valence-electron chi connectivity index (χ4n) is 6.94. The normalized spacial score (nSPS) is 11.8. The lowest BCUT2D eigenvalue weighted by molar-refractivity contribution is 0.670. The molecule has 5 nitrogen and oxygen atoms in total. The Morgan fingerprint density at radius 1 is 0.404 bits per heavy atom. The van der Waals surface area contributed by atoms with Crippen LogP contribution in [0.2, 0.25) is 0 Å². The monoisotopic (exact) mass is 600 g/mol. The molecule has 0 unspecified atom stereocenters. The van der Waals surface area contributed by atoms with Gasteiger partial charge in [-0.25, -0.2) is 15.0 Å². The first-order valence-corrected chi connectivity index (χ1v) is 15.6. The van der Waals surface area contributed by atoms with Crippen molar-refractivity contribution in [2.75, 3.05) is 0 Å². The van der Waals surface area contributed by atoms with Gasteiger partial charge in [-0.3, -0.25) is 4.98 Å². The van der Waals surface area contributed by atoms with Crippen molar-refractivity contribution in [1.29, 1.82) is 0 Å². The van der Waals surface area contributed by atoms with Gasteiger partial charge in [0, 0.05) is 39.0 Å². The smallest absolute Gasteiger partial charge is 0.166 e. The number of nitrogens with zero attached hydrogens (tertiary/aromatic N) is 4. The molecule has 0 amide bonds. The molecule has 0 N–H and O–H groups in total. The third-order valence-electron chi connectivity index (χ3n) is 9.16. The van der Waals surface area contributed by atoms with Gasteiger partial charge >= 0.3 is 0 Å². The van der Waals surface area contributed by atoms with Crippen molar-refractivity contribution in [1.82, 2.24) is 19.9 Å². The summed E-state index contributed by atoms with van der Waals surface area (Å²) < 4.78 is 6.44. The van der Waals surface area contributed by atoms with Crippen LogP contribution in [0.15, 0.2) is 150 Å². The fraction of sp³-hybridized carbons (Fsp3) is 0. The molecule has 0 bridgehead atoms. The summed E-state index contributed by atoms with van der Waals surface area (Å²) in [7, 11) is 0. The number of rotatable bonds is 3. The summed E-state index contributed by atoms with van der Waals surface area (Å²) in [6, 6.07) is 46.4. The van der Waals surface area contributed by atoms with Crippen molar-refractivity contribution >= 4 is 65.0 Å². The maximum Gasteiger partial charge on any atom is 0.166 e. The first-order chi connectivity index (χ1) is 23.3. The second-order valence-electron chi connectivity index (χ2n) is 11.9. The van der Waals surface area contributed by atoms with Gasteiger partial charge in [-0.2, -0.15) is 0 Å². The maximum atomic E-state index is 6.44. The molecule has 0 saturated heterocycles. The summed E-state index contributed by atoms with van der Waals surface area (Å²) in [6.45, 7) is 0. The molecular formula is C42H24N4O. The summed E-state index contributed by atoms with van der Waals surface area (Å²) in [5, 5.41) is 11.4. The molecule has 3 heterocycles. The van der Waals surface area contributed by atoms with Gasteiger partial charge in [0.1, 0.15) is 5.58 Å². The first kappa shape index (κ1) is 25.8. The van der Waals surface area contributed by atoms with Gasteiger partial charge in [0.05, 0.1) is 6.20 Å². The zero-order valence-electron chi connectivity index (χ0n) is 25.1. The second-order valence-corrected chi connectivity index (χ2v) is 11.9. The van der Waals surface area contributed by atoms with Crippen molar-refractivity contribution < 1.29 is 4.42 Å². The Balaban J connectivity index is 1.22. The van der Waals surface area contributed by atoms with E-state index in [1.54, 1.807) is 6.20 Å². The molecule has 10 aromatic rings. The van der Waals surface area contributed by atoms with Crippen LogP contribution in [0, 0.1) is 0 Å². The quantitative estimate of drug-likeness (QED) is 0.189. The SMILES string of the molecule is c1ccc(-c2nc(-c3ccc4c(ccc5ccc6ccccc6c54)c3)nc(-c3cncc4oc5c6ccccc6ccc5c34)n2)cc1. The van der Waals surface area contributed by atoms with Gasteiger partial charge in [0.25, 0.3) is 0 Å². The van der Waals surface area contributed by atoms with E-state index in [1.165, 1.54) is 26.9 Å². The fourth-order valence-corrected chi connectivity index (χ4v) is 6.94. The third kappa shape index (κ3) is 4.03. The van der Waals surface area contributed by atoms with Crippen LogP contribution in [0.5, 0.6) is 0 Å². The van der Waals surface area contributed by atoms with Gasteiger partial charge < -0.3 is 4.42 Å². The summed E-state index contributed by atoms with van der Waals surface area (Å²) in [5.41, 5.74) is 4.16. The Labute approximate surface area is 268 Å². The Morgan fingerprint density at radius 3 is 1.87 bits per heavy atom. The molecule has 218 valence electrons. The van der Waals surface area contributed by atoms with Gasteiger partial charge in [0.15, 0.2) is 23.1 Å². The van der Waals surface area contributed by atoms with Crippen molar-refractivity contribution in [3.8, 4) is 34.2 Å². The molecule has 0 aliphatic rings. The Hall–Kier alpha value is -6.46. The van der Waals surface area contributed by atoms with Gasteiger partial charge in [-0.15, -0.1) is 0 Å². The lowest BCUT2D eigenvalue weighted by Crippen LogP contribution is -2.00. The Bertz CT molecular complexity index is 2860. The van der Waals surface area contributed by atoms with E-state index in [0.717, 1.165) is 49.2 Å². The topological polar surface area (TPSA) is 64.7 Å². The van der Waals surface area contributed by atoms with Crippen molar-refractivity contribution in [2.45, 2.75) is 0 Å². The molecule has 47 heavy (non-hydrogen) atoms. The van der Waals surface area contributed by atoms with Crippen LogP contribution in [0.3, 0.4) is 0 Å². The summed E-state index contributed by atoms with van der Waals surface area (Å²) in [4.78, 5) is 19.7. The second kappa shape index (κ2) is 10.0. The van der Waals surface area contributed by atoms with E-state index < -0.39 is 0 Å². The molecule has 0 atom stereocenters. The zero-order valence-corrected chi connectivity index (χ0v) is 25.1. The van der Waals surface area contributed by atoms with E-state index in [-0.39, 0.29) is 0 Å². The van der Waals surface area contributed by atoms with E-state index in [1.807, 2.05) is 48.7 Å². The van der Waals surface area contributed by atoms with Crippen LogP contribution in [-0.2, 0) is 0 Å². The van der Waals surface area contributed by atoms with E-state index in [9.17, 15) is 0 Å². The molecule has 0 saturated carbocycles. The molecular weight excluding hydrogens is 576 g/mol. The highest BCUT2D eigenvalue weighted by Gasteiger charge is 2.19. The average molecular weight is 601 g/mol. The molecule has 0 aliphatic heterocycles. The van der Waals surface area contributed by atoms with Crippen LogP contribution in [0.25, 0.3) is 99.2 Å². The van der Waals surface area contributed by atoms with Crippen LogP contribution in [0.1, 0.15) is 0 Å². The molecule has 10 rings (SSSR count).